The Kier molecular flexibility index (Phi) is 4.92. The predicted molar refractivity (Wildman–Crippen MR) is 99.4 cm³/mol. The highest BCUT2D eigenvalue weighted by Crippen LogP contribution is 2.29. The third kappa shape index (κ3) is 3.72. The van der Waals surface area contributed by atoms with Gasteiger partial charge in [-0.1, -0.05) is 0 Å². The Balaban J connectivity index is 1.64. The Bertz CT molecular complexity index is 1130. The van der Waals surface area contributed by atoms with Crippen molar-refractivity contribution in [1.29, 1.82) is 0 Å². The molecule has 1 amide bonds. The van der Waals surface area contributed by atoms with Gasteiger partial charge >= 0.3 is 6.18 Å². The molecule has 0 bridgehead atoms. The van der Waals surface area contributed by atoms with E-state index in [1.54, 1.807) is 30.8 Å². The Morgan fingerprint density at radius 1 is 1.23 bits per heavy atom. The van der Waals surface area contributed by atoms with Gasteiger partial charge in [-0.2, -0.15) is 13.2 Å². The van der Waals surface area contributed by atoms with E-state index in [2.05, 4.69) is 24.9 Å². The quantitative estimate of drug-likeness (QED) is 0.585. The molecule has 0 spiro atoms. The van der Waals surface area contributed by atoms with Gasteiger partial charge in [0, 0.05) is 25.0 Å². The highest BCUT2D eigenvalue weighted by Gasteiger charge is 2.35. The predicted octanol–water partition coefficient (Wildman–Crippen LogP) is 3.16. The molecule has 1 aliphatic heterocycles. The summed E-state index contributed by atoms with van der Waals surface area (Å²) in [6.45, 7) is 3.93. The van der Waals surface area contributed by atoms with Crippen molar-refractivity contribution in [2.24, 2.45) is 0 Å². The molecule has 0 fully saturated rings. The van der Waals surface area contributed by atoms with Gasteiger partial charge in [0.15, 0.2) is 5.82 Å². The van der Waals surface area contributed by atoms with Crippen LogP contribution in [0.1, 0.15) is 34.5 Å². The van der Waals surface area contributed by atoms with Gasteiger partial charge < -0.3 is 9.47 Å². The SMILES string of the molecule is Cc1cnc(Cl)nc1-c1cn2c(n1)C(=O)N(Cc1cc(C(F)(F)F)ncn1)[C@@H](C)C2. The Morgan fingerprint density at radius 2 is 2.00 bits per heavy atom. The van der Waals surface area contributed by atoms with Gasteiger partial charge in [0.2, 0.25) is 5.28 Å². The van der Waals surface area contributed by atoms with E-state index in [0.717, 1.165) is 18.0 Å². The Morgan fingerprint density at radius 3 is 2.73 bits per heavy atom. The smallest absolute Gasteiger partial charge is 0.326 e. The van der Waals surface area contributed by atoms with Crippen molar-refractivity contribution in [2.45, 2.75) is 39.2 Å². The molecule has 0 radical (unpaired) electrons. The number of amides is 1. The topological polar surface area (TPSA) is 89.7 Å². The largest absolute Gasteiger partial charge is 0.433 e. The fourth-order valence-corrected chi connectivity index (χ4v) is 3.41. The first kappa shape index (κ1) is 20.2. The van der Waals surface area contributed by atoms with Crippen LogP contribution < -0.4 is 0 Å². The molecule has 1 atom stereocenters. The number of nitrogens with zero attached hydrogens (tertiary/aromatic N) is 7. The highest BCUT2D eigenvalue weighted by atomic mass is 35.5. The number of carbonyl (C=O) groups is 1. The molecule has 1 aliphatic rings. The summed E-state index contributed by atoms with van der Waals surface area (Å²) >= 11 is 5.88. The van der Waals surface area contributed by atoms with Crippen molar-refractivity contribution in [3.05, 3.63) is 52.8 Å². The fraction of sp³-hybridized carbons (Fsp3) is 0.333. The summed E-state index contributed by atoms with van der Waals surface area (Å²) in [6, 6.07) is 0.560. The number of aryl methyl sites for hydroxylation is 1. The van der Waals surface area contributed by atoms with Crippen molar-refractivity contribution in [3.8, 4) is 11.4 Å². The lowest BCUT2D eigenvalue weighted by molar-refractivity contribution is -0.141. The van der Waals surface area contributed by atoms with E-state index in [9.17, 15) is 18.0 Å². The van der Waals surface area contributed by atoms with Crippen LogP contribution in [0, 0.1) is 6.92 Å². The first-order valence-corrected chi connectivity index (χ1v) is 9.27. The second kappa shape index (κ2) is 7.31. The van der Waals surface area contributed by atoms with Crippen LogP contribution in [0.3, 0.4) is 0 Å². The average Bonchev–Trinajstić information content (AvgIpc) is 3.10. The number of hydrogen-bond acceptors (Lipinski definition) is 6. The van der Waals surface area contributed by atoms with Gasteiger partial charge in [0.25, 0.3) is 5.91 Å². The second-order valence-corrected chi connectivity index (χ2v) is 7.29. The maximum absolute atomic E-state index is 13.0. The summed E-state index contributed by atoms with van der Waals surface area (Å²) in [5.74, 6) is -0.243. The normalized spacial score (nSPS) is 16.7. The minimum Gasteiger partial charge on any atom is -0.326 e. The number of rotatable bonds is 3. The van der Waals surface area contributed by atoms with E-state index in [4.69, 9.17) is 11.6 Å². The molecular formula is C18H15ClF3N7O. The highest BCUT2D eigenvalue weighted by molar-refractivity contribution is 6.28. The zero-order chi connectivity index (χ0) is 21.6. The molecule has 0 aromatic carbocycles. The van der Waals surface area contributed by atoms with E-state index in [-0.39, 0.29) is 29.4 Å². The number of carbonyl (C=O) groups excluding carboxylic acids is 1. The van der Waals surface area contributed by atoms with Gasteiger partial charge in [-0.05, 0) is 37.1 Å². The summed E-state index contributed by atoms with van der Waals surface area (Å²) in [5.41, 5.74) is 0.763. The van der Waals surface area contributed by atoms with Gasteiger partial charge in [0.05, 0.1) is 17.9 Å². The van der Waals surface area contributed by atoms with Gasteiger partial charge in [-0.3, -0.25) is 4.79 Å². The number of aromatic nitrogens is 6. The minimum atomic E-state index is -4.59. The monoisotopic (exact) mass is 437 g/mol. The molecule has 156 valence electrons. The molecule has 8 nitrogen and oxygen atoms in total. The summed E-state index contributed by atoms with van der Waals surface area (Å²) in [4.78, 5) is 34.1. The van der Waals surface area contributed by atoms with E-state index < -0.39 is 17.8 Å². The van der Waals surface area contributed by atoms with Crippen molar-refractivity contribution >= 4 is 17.5 Å². The van der Waals surface area contributed by atoms with Crippen LogP contribution in [0.15, 0.2) is 24.8 Å². The summed E-state index contributed by atoms with van der Waals surface area (Å²) in [5, 5.41) is 0.0622. The maximum Gasteiger partial charge on any atom is 0.433 e. The van der Waals surface area contributed by atoms with E-state index in [1.807, 2.05) is 0 Å². The molecule has 12 heteroatoms. The third-order valence-corrected chi connectivity index (χ3v) is 4.94. The molecular weight excluding hydrogens is 423 g/mol. The standard InChI is InChI=1S/C18H15ClF3N7O/c1-9-4-23-17(19)27-14(9)12-7-28-5-10(2)29(16(30)15(28)26-12)6-11-3-13(18(20,21)22)25-8-24-11/h3-4,7-8,10H,5-6H2,1-2H3/t10-/m0/s1. The van der Waals surface area contributed by atoms with Crippen LogP contribution in [-0.4, -0.2) is 46.3 Å². The van der Waals surface area contributed by atoms with Gasteiger partial charge in [-0.25, -0.2) is 24.9 Å². The van der Waals surface area contributed by atoms with Crippen LogP contribution in [-0.2, 0) is 19.3 Å². The molecule has 0 saturated carbocycles. The Labute approximate surface area is 173 Å². The van der Waals surface area contributed by atoms with E-state index in [0.29, 0.717) is 17.9 Å². The number of alkyl halides is 3. The van der Waals surface area contributed by atoms with Crippen molar-refractivity contribution in [1.82, 2.24) is 34.4 Å². The van der Waals surface area contributed by atoms with Crippen LogP contribution >= 0.6 is 11.6 Å². The molecule has 30 heavy (non-hydrogen) atoms. The van der Waals surface area contributed by atoms with E-state index >= 15 is 0 Å². The fourth-order valence-electron chi connectivity index (χ4n) is 3.27. The van der Waals surface area contributed by atoms with Crippen molar-refractivity contribution in [2.75, 3.05) is 0 Å². The first-order chi connectivity index (χ1) is 14.1. The second-order valence-electron chi connectivity index (χ2n) is 6.95. The van der Waals surface area contributed by atoms with Gasteiger partial charge in [0.1, 0.15) is 17.7 Å². The maximum atomic E-state index is 13.0. The molecule has 0 N–H and O–H groups in total. The minimum absolute atomic E-state index is 0.0622. The third-order valence-electron chi connectivity index (χ3n) is 4.75. The van der Waals surface area contributed by atoms with Crippen LogP contribution in [0.5, 0.6) is 0 Å². The van der Waals surface area contributed by atoms with E-state index in [1.165, 1.54) is 4.90 Å². The number of halogens is 4. The average molecular weight is 438 g/mol. The Hall–Kier alpha value is -3.08. The van der Waals surface area contributed by atoms with Crippen molar-refractivity contribution < 1.29 is 18.0 Å². The molecule has 0 saturated heterocycles. The van der Waals surface area contributed by atoms with Crippen LogP contribution in [0.4, 0.5) is 13.2 Å². The zero-order valence-corrected chi connectivity index (χ0v) is 16.6. The lowest BCUT2D eigenvalue weighted by Gasteiger charge is -2.33. The molecule has 0 unspecified atom stereocenters. The molecule has 3 aromatic heterocycles. The van der Waals surface area contributed by atoms with Crippen LogP contribution in [0.2, 0.25) is 5.28 Å². The molecule has 4 heterocycles. The summed E-state index contributed by atoms with van der Waals surface area (Å²) in [6.07, 6.45) is -0.471. The number of imidazole rings is 1. The number of hydrogen-bond donors (Lipinski definition) is 0. The van der Waals surface area contributed by atoms with Gasteiger partial charge in [-0.15, -0.1) is 0 Å². The molecule has 3 aromatic rings. The molecule has 4 rings (SSSR count). The summed E-state index contributed by atoms with van der Waals surface area (Å²) in [7, 11) is 0. The lowest BCUT2D eigenvalue weighted by atomic mass is 10.2. The van der Waals surface area contributed by atoms with Crippen molar-refractivity contribution in [3.63, 3.8) is 0 Å². The zero-order valence-electron chi connectivity index (χ0n) is 15.9. The summed E-state index contributed by atoms with van der Waals surface area (Å²) < 4.78 is 40.5. The lowest BCUT2D eigenvalue weighted by Crippen LogP contribution is -2.46. The first-order valence-electron chi connectivity index (χ1n) is 8.89. The van der Waals surface area contributed by atoms with Crippen LogP contribution in [0.25, 0.3) is 11.4 Å². The molecule has 0 aliphatic carbocycles. The number of fused-ring (bicyclic) bond motifs is 1.